The average molecular weight is 389 g/mol. The Morgan fingerprint density at radius 1 is 1.12 bits per heavy atom. The summed E-state index contributed by atoms with van der Waals surface area (Å²) in [6, 6.07) is 12.6. The van der Waals surface area contributed by atoms with Crippen LogP contribution in [0.1, 0.15) is 6.92 Å². The van der Waals surface area contributed by atoms with Crippen LogP contribution in [0.3, 0.4) is 0 Å². The van der Waals surface area contributed by atoms with Crippen molar-refractivity contribution < 1.29 is 9.59 Å². The number of carbonyl (C=O) groups excluding carboxylic acids is 2. The lowest BCUT2D eigenvalue weighted by Crippen LogP contribution is -2.29. The predicted octanol–water partition coefficient (Wildman–Crippen LogP) is 3.98. The molecule has 134 valence electrons. The van der Waals surface area contributed by atoms with Crippen molar-refractivity contribution in [1.29, 1.82) is 0 Å². The number of hydrogen-bond acceptors (Lipinski definition) is 5. The van der Waals surface area contributed by atoms with Crippen LogP contribution in [-0.4, -0.2) is 30.4 Å². The number of amides is 2. The zero-order valence-electron chi connectivity index (χ0n) is 14.2. The monoisotopic (exact) mass is 388 g/mol. The van der Waals surface area contributed by atoms with E-state index in [2.05, 4.69) is 15.6 Å². The van der Waals surface area contributed by atoms with Crippen LogP contribution in [0.5, 0.6) is 0 Å². The van der Waals surface area contributed by atoms with E-state index in [0.717, 1.165) is 15.3 Å². The van der Waals surface area contributed by atoms with Crippen molar-refractivity contribution >= 4 is 61.5 Å². The van der Waals surface area contributed by atoms with Gasteiger partial charge in [-0.05, 0) is 36.4 Å². The van der Waals surface area contributed by atoms with Crippen LogP contribution in [0.4, 0.5) is 16.5 Å². The van der Waals surface area contributed by atoms with Crippen molar-refractivity contribution in [3.05, 3.63) is 47.5 Å². The third-order valence-electron chi connectivity index (χ3n) is 3.55. The normalized spacial score (nSPS) is 10.6. The molecule has 6 nitrogen and oxygen atoms in total. The number of rotatable bonds is 5. The van der Waals surface area contributed by atoms with Crippen LogP contribution < -0.4 is 15.5 Å². The molecular weight excluding hydrogens is 372 g/mol. The zero-order valence-corrected chi connectivity index (χ0v) is 15.8. The van der Waals surface area contributed by atoms with Gasteiger partial charge in [-0.1, -0.05) is 29.0 Å². The number of anilines is 3. The molecule has 1 aromatic heterocycles. The molecule has 3 rings (SSSR count). The van der Waals surface area contributed by atoms with E-state index in [1.54, 1.807) is 35.2 Å². The Labute approximate surface area is 159 Å². The van der Waals surface area contributed by atoms with Crippen LogP contribution in [0, 0.1) is 0 Å². The van der Waals surface area contributed by atoms with Crippen LogP contribution in [0.15, 0.2) is 42.5 Å². The Bertz CT molecular complexity index is 955. The van der Waals surface area contributed by atoms with E-state index < -0.39 is 0 Å². The maximum Gasteiger partial charge on any atom is 0.243 e. The molecule has 0 unspecified atom stereocenters. The smallest absolute Gasteiger partial charge is 0.243 e. The number of thiazole rings is 1. The van der Waals surface area contributed by atoms with E-state index >= 15 is 0 Å². The van der Waals surface area contributed by atoms with Gasteiger partial charge in [0.25, 0.3) is 0 Å². The molecule has 26 heavy (non-hydrogen) atoms. The molecule has 0 radical (unpaired) electrons. The summed E-state index contributed by atoms with van der Waals surface area (Å²) in [5.74, 6) is -0.301. The molecule has 0 saturated carbocycles. The molecule has 0 bridgehead atoms. The van der Waals surface area contributed by atoms with Crippen molar-refractivity contribution in [1.82, 2.24) is 4.98 Å². The van der Waals surface area contributed by atoms with Gasteiger partial charge in [0.1, 0.15) is 5.52 Å². The fourth-order valence-electron chi connectivity index (χ4n) is 2.39. The number of para-hydroxylation sites is 1. The van der Waals surface area contributed by atoms with Crippen LogP contribution in [-0.2, 0) is 9.59 Å². The average Bonchev–Trinajstić information content (AvgIpc) is 3.02. The number of hydrogen-bond donors (Lipinski definition) is 2. The molecule has 8 heteroatoms. The van der Waals surface area contributed by atoms with Crippen LogP contribution >= 0.6 is 22.9 Å². The van der Waals surface area contributed by atoms with E-state index in [1.165, 1.54) is 18.3 Å². The van der Waals surface area contributed by atoms with E-state index in [1.807, 2.05) is 19.2 Å². The van der Waals surface area contributed by atoms with Crippen molar-refractivity contribution in [2.24, 2.45) is 0 Å². The highest BCUT2D eigenvalue weighted by molar-refractivity contribution is 7.22. The lowest BCUT2D eigenvalue weighted by Gasteiger charge is -2.15. The molecule has 1 heterocycles. The molecule has 0 fully saturated rings. The summed E-state index contributed by atoms with van der Waals surface area (Å²) in [7, 11) is 1.81. The maximum atomic E-state index is 12.3. The molecule has 0 aliphatic heterocycles. The SMILES string of the molecule is CC(=O)Nc1ccc(NC(=O)CN(C)c2nc3c(Cl)cccc3s2)cc1. The molecule has 0 aliphatic carbocycles. The minimum Gasteiger partial charge on any atom is -0.342 e. The van der Waals surface area contributed by atoms with Gasteiger partial charge in [-0.25, -0.2) is 4.98 Å². The summed E-state index contributed by atoms with van der Waals surface area (Å²) in [6.45, 7) is 1.60. The maximum absolute atomic E-state index is 12.3. The molecule has 0 aliphatic rings. The molecule has 0 atom stereocenters. The molecule has 0 spiro atoms. The summed E-state index contributed by atoms with van der Waals surface area (Å²) in [4.78, 5) is 29.6. The number of likely N-dealkylation sites (N-methyl/N-ethyl adjacent to an activating group) is 1. The zero-order chi connectivity index (χ0) is 18.7. The van der Waals surface area contributed by atoms with Gasteiger partial charge in [0.2, 0.25) is 11.8 Å². The number of nitrogens with zero attached hydrogens (tertiary/aromatic N) is 2. The second-order valence-electron chi connectivity index (χ2n) is 5.75. The first-order valence-electron chi connectivity index (χ1n) is 7.86. The van der Waals surface area contributed by atoms with E-state index in [9.17, 15) is 9.59 Å². The lowest BCUT2D eigenvalue weighted by molar-refractivity contribution is -0.115. The van der Waals surface area contributed by atoms with Crippen LogP contribution in [0.25, 0.3) is 10.2 Å². The standard InChI is InChI=1S/C18H17ClN4O2S/c1-11(24)20-12-6-8-13(9-7-12)21-16(25)10-23(2)18-22-17-14(19)4-3-5-15(17)26-18/h3-9H,10H2,1-2H3,(H,20,24)(H,21,25). The summed E-state index contributed by atoms with van der Waals surface area (Å²) in [5.41, 5.74) is 2.08. The first-order chi connectivity index (χ1) is 12.4. The highest BCUT2D eigenvalue weighted by Gasteiger charge is 2.13. The van der Waals surface area contributed by atoms with Gasteiger partial charge in [-0.2, -0.15) is 0 Å². The third-order valence-corrected chi connectivity index (χ3v) is 4.99. The van der Waals surface area contributed by atoms with Gasteiger partial charge >= 0.3 is 0 Å². The topological polar surface area (TPSA) is 74.3 Å². The van der Waals surface area contributed by atoms with E-state index in [4.69, 9.17) is 11.6 Å². The van der Waals surface area contributed by atoms with Gasteiger partial charge < -0.3 is 15.5 Å². The fourth-order valence-corrected chi connectivity index (χ4v) is 3.62. The Morgan fingerprint density at radius 2 is 1.77 bits per heavy atom. The highest BCUT2D eigenvalue weighted by Crippen LogP contribution is 2.32. The van der Waals surface area contributed by atoms with Gasteiger partial charge in [0.05, 0.1) is 16.3 Å². The predicted molar refractivity (Wildman–Crippen MR) is 107 cm³/mol. The number of fused-ring (bicyclic) bond motifs is 1. The Kier molecular flexibility index (Phi) is 5.39. The first-order valence-corrected chi connectivity index (χ1v) is 9.05. The number of benzene rings is 2. The minimum atomic E-state index is -0.162. The molecular formula is C18H17ClN4O2S. The molecule has 0 saturated heterocycles. The van der Waals surface area contributed by atoms with Gasteiger partial charge in [0.15, 0.2) is 5.13 Å². The Balaban J connectivity index is 1.63. The molecule has 2 N–H and O–H groups in total. The Hall–Kier alpha value is -2.64. The van der Waals surface area contributed by atoms with Crippen LogP contribution in [0.2, 0.25) is 5.02 Å². The van der Waals surface area contributed by atoms with Gasteiger partial charge in [0, 0.05) is 25.3 Å². The second kappa shape index (κ2) is 7.72. The fraction of sp³-hybridized carbons (Fsp3) is 0.167. The summed E-state index contributed by atoms with van der Waals surface area (Å²) in [6.07, 6.45) is 0. The lowest BCUT2D eigenvalue weighted by atomic mass is 10.2. The number of halogens is 1. The van der Waals surface area contributed by atoms with Crippen molar-refractivity contribution in [2.75, 3.05) is 29.1 Å². The molecule has 2 aromatic carbocycles. The first kappa shape index (κ1) is 18.2. The number of nitrogens with one attached hydrogen (secondary N) is 2. The number of aromatic nitrogens is 1. The largest absolute Gasteiger partial charge is 0.342 e. The molecule has 2 amide bonds. The van der Waals surface area contributed by atoms with Gasteiger partial charge in [-0.3, -0.25) is 9.59 Å². The summed E-state index contributed by atoms with van der Waals surface area (Å²) in [5, 5.41) is 6.83. The summed E-state index contributed by atoms with van der Waals surface area (Å²) >= 11 is 7.64. The van der Waals surface area contributed by atoms with Gasteiger partial charge in [-0.15, -0.1) is 0 Å². The minimum absolute atomic E-state index is 0.139. The third kappa shape index (κ3) is 4.30. The van der Waals surface area contributed by atoms with E-state index in [-0.39, 0.29) is 18.4 Å². The Morgan fingerprint density at radius 3 is 2.38 bits per heavy atom. The van der Waals surface area contributed by atoms with Crippen molar-refractivity contribution in [2.45, 2.75) is 6.92 Å². The van der Waals surface area contributed by atoms with E-state index in [0.29, 0.717) is 16.4 Å². The summed E-state index contributed by atoms with van der Waals surface area (Å²) < 4.78 is 0.980. The highest BCUT2D eigenvalue weighted by atomic mass is 35.5. The van der Waals surface area contributed by atoms with Crippen molar-refractivity contribution in [3.8, 4) is 0 Å². The molecule has 3 aromatic rings. The van der Waals surface area contributed by atoms with Crippen molar-refractivity contribution in [3.63, 3.8) is 0 Å². The number of carbonyl (C=O) groups is 2. The quantitative estimate of drug-likeness (QED) is 0.693. The second-order valence-corrected chi connectivity index (χ2v) is 7.16.